The van der Waals surface area contributed by atoms with Gasteiger partial charge in [-0.05, 0) is 69.6 Å². The van der Waals surface area contributed by atoms with E-state index >= 15 is 0 Å². The summed E-state index contributed by atoms with van der Waals surface area (Å²) in [5, 5.41) is 16.7. The van der Waals surface area contributed by atoms with Gasteiger partial charge in [0.2, 0.25) is 0 Å². The minimum atomic E-state index is -0.655. The van der Waals surface area contributed by atoms with Crippen molar-refractivity contribution in [3.63, 3.8) is 0 Å². The molecule has 3 rings (SSSR count). The van der Waals surface area contributed by atoms with Crippen molar-refractivity contribution in [1.29, 1.82) is 0 Å². The maximum absolute atomic E-state index is 14.3. The lowest BCUT2D eigenvalue weighted by Gasteiger charge is -2.35. The molecule has 0 radical (unpaired) electrons. The summed E-state index contributed by atoms with van der Waals surface area (Å²) in [5.41, 5.74) is 0.173. The third kappa shape index (κ3) is 5.10. The number of aliphatic imine (C=N–C) groups is 1. The number of nitrogens with one attached hydrogen (secondary N) is 2. The Morgan fingerprint density at radius 1 is 1.42 bits per heavy atom. The zero-order chi connectivity index (χ0) is 18.6. The Morgan fingerprint density at radius 3 is 2.77 bits per heavy atom. The molecule has 0 bridgehead atoms. The zero-order valence-electron chi connectivity index (χ0n) is 15.7. The number of ether oxygens (including phenoxy) is 1. The number of benzene rings is 1. The van der Waals surface area contributed by atoms with Crippen molar-refractivity contribution in [2.24, 2.45) is 10.9 Å². The lowest BCUT2D eigenvalue weighted by molar-refractivity contribution is -0.0236. The molecule has 0 heterocycles. The quantitative estimate of drug-likeness (QED) is 0.490. The average molecular weight is 363 g/mol. The SMILES string of the molecule is CCNC(=NCC1(O)CCC1)NC(C)c1ccc(OCC2CC2)c(F)c1. The predicted octanol–water partition coefficient (Wildman–Crippen LogP) is 3.15. The number of nitrogens with zero attached hydrogens (tertiary/aromatic N) is 1. The molecule has 0 aromatic heterocycles. The molecule has 144 valence electrons. The van der Waals surface area contributed by atoms with E-state index in [4.69, 9.17) is 4.74 Å². The van der Waals surface area contributed by atoms with Gasteiger partial charge in [0, 0.05) is 6.54 Å². The fourth-order valence-corrected chi connectivity index (χ4v) is 2.97. The van der Waals surface area contributed by atoms with Gasteiger partial charge in [0.15, 0.2) is 17.5 Å². The normalized spacial score (nSPS) is 20.2. The van der Waals surface area contributed by atoms with E-state index in [1.165, 1.54) is 18.9 Å². The molecule has 1 unspecified atom stereocenters. The average Bonchev–Trinajstić information content (AvgIpc) is 3.41. The highest BCUT2D eigenvalue weighted by Gasteiger charge is 2.34. The Morgan fingerprint density at radius 2 is 2.19 bits per heavy atom. The van der Waals surface area contributed by atoms with E-state index in [0.717, 1.165) is 31.4 Å². The van der Waals surface area contributed by atoms with Crippen LogP contribution in [0, 0.1) is 11.7 Å². The van der Waals surface area contributed by atoms with Crippen molar-refractivity contribution in [3.05, 3.63) is 29.6 Å². The Kier molecular flexibility index (Phi) is 6.01. The third-order valence-electron chi connectivity index (χ3n) is 5.14. The molecular weight excluding hydrogens is 333 g/mol. The Bertz CT molecular complexity index is 642. The molecule has 1 aromatic rings. The summed E-state index contributed by atoms with van der Waals surface area (Å²) in [6.45, 7) is 5.66. The molecule has 2 fully saturated rings. The second-order valence-electron chi connectivity index (χ2n) is 7.58. The van der Waals surface area contributed by atoms with E-state index in [1.807, 2.05) is 19.9 Å². The van der Waals surface area contributed by atoms with Crippen LogP contribution in [0.2, 0.25) is 0 Å². The number of rotatable bonds is 8. The zero-order valence-corrected chi connectivity index (χ0v) is 15.7. The van der Waals surface area contributed by atoms with E-state index in [-0.39, 0.29) is 11.9 Å². The van der Waals surface area contributed by atoms with Crippen molar-refractivity contribution in [2.75, 3.05) is 19.7 Å². The number of halogens is 1. The Hall–Kier alpha value is -1.82. The fraction of sp³-hybridized carbons (Fsp3) is 0.650. The highest BCUT2D eigenvalue weighted by atomic mass is 19.1. The van der Waals surface area contributed by atoms with Crippen molar-refractivity contribution < 1.29 is 14.2 Å². The van der Waals surface area contributed by atoms with E-state index < -0.39 is 5.60 Å². The van der Waals surface area contributed by atoms with E-state index in [2.05, 4.69) is 15.6 Å². The largest absolute Gasteiger partial charge is 0.490 e. The van der Waals surface area contributed by atoms with Crippen molar-refractivity contribution in [1.82, 2.24) is 10.6 Å². The summed E-state index contributed by atoms with van der Waals surface area (Å²) in [5.74, 6) is 1.22. The summed E-state index contributed by atoms with van der Waals surface area (Å²) in [4.78, 5) is 4.49. The van der Waals surface area contributed by atoms with Gasteiger partial charge < -0.3 is 20.5 Å². The lowest BCUT2D eigenvalue weighted by atomic mass is 9.80. The van der Waals surface area contributed by atoms with Gasteiger partial charge in [-0.2, -0.15) is 0 Å². The van der Waals surface area contributed by atoms with Gasteiger partial charge >= 0.3 is 0 Å². The molecule has 5 nitrogen and oxygen atoms in total. The van der Waals surface area contributed by atoms with Crippen molar-refractivity contribution in [3.8, 4) is 5.75 Å². The minimum Gasteiger partial charge on any atom is -0.490 e. The highest BCUT2D eigenvalue weighted by Crippen LogP contribution is 2.32. The second kappa shape index (κ2) is 8.25. The summed E-state index contributed by atoms with van der Waals surface area (Å²) >= 11 is 0. The first-order valence-electron chi connectivity index (χ1n) is 9.68. The van der Waals surface area contributed by atoms with Crippen LogP contribution in [0.15, 0.2) is 23.2 Å². The lowest BCUT2D eigenvalue weighted by Crippen LogP contribution is -2.43. The minimum absolute atomic E-state index is 0.115. The summed E-state index contributed by atoms with van der Waals surface area (Å²) in [6, 6.07) is 4.98. The molecule has 0 spiro atoms. The molecule has 1 aromatic carbocycles. The topological polar surface area (TPSA) is 65.9 Å². The van der Waals surface area contributed by atoms with Crippen molar-refractivity contribution in [2.45, 2.75) is 57.6 Å². The molecule has 6 heteroatoms. The van der Waals surface area contributed by atoms with Crippen LogP contribution in [0.4, 0.5) is 4.39 Å². The van der Waals surface area contributed by atoms with Crippen LogP contribution in [0.1, 0.15) is 57.6 Å². The summed E-state index contributed by atoms with van der Waals surface area (Å²) in [7, 11) is 0. The maximum atomic E-state index is 14.3. The smallest absolute Gasteiger partial charge is 0.191 e. The van der Waals surface area contributed by atoms with Crippen LogP contribution in [-0.4, -0.2) is 36.4 Å². The standard InChI is InChI=1S/C20H30FN3O2/c1-3-22-19(23-13-20(25)9-4-10-20)24-14(2)16-7-8-18(17(21)11-16)26-12-15-5-6-15/h7-8,11,14-15,25H,3-6,9-10,12-13H2,1-2H3,(H2,22,23,24). The second-order valence-corrected chi connectivity index (χ2v) is 7.58. The monoisotopic (exact) mass is 363 g/mol. The molecule has 2 aliphatic rings. The van der Waals surface area contributed by atoms with Crippen LogP contribution < -0.4 is 15.4 Å². The van der Waals surface area contributed by atoms with E-state index in [9.17, 15) is 9.50 Å². The predicted molar refractivity (Wildman–Crippen MR) is 101 cm³/mol. The Balaban J connectivity index is 1.59. The number of hydrogen-bond acceptors (Lipinski definition) is 3. The first kappa shape index (κ1) is 19.0. The van der Waals surface area contributed by atoms with Gasteiger partial charge in [0.25, 0.3) is 0 Å². The molecule has 0 amide bonds. The van der Waals surface area contributed by atoms with Gasteiger partial charge in [0.1, 0.15) is 0 Å². The Labute approximate surface area is 155 Å². The van der Waals surface area contributed by atoms with Gasteiger partial charge in [-0.25, -0.2) is 4.39 Å². The highest BCUT2D eigenvalue weighted by molar-refractivity contribution is 5.80. The molecule has 0 aliphatic heterocycles. The van der Waals surface area contributed by atoms with E-state index in [1.54, 1.807) is 6.07 Å². The number of aliphatic hydroxyl groups is 1. The first-order chi connectivity index (χ1) is 12.5. The van der Waals surface area contributed by atoms with Crippen molar-refractivity contribution >= 4 is 5.96 Å². The van der Waals surface area contributed by atoms with Crippen LogP contribution in [0.3, 0.4) is 0 Å². The molecule has 26 heavy (non-hydrogen) atoms. The van der Waals surface area contributed by atoms with Gasteiger partial charge in [0.05, 0.1) is 24.8 Å². The van der Waals surface area contributed by atoms with Crippen LogP contribution in [0.5, 0.6) is 5.75 Å². The molecule has 3 N–H and O–H groups in total. The van der Waals surface area contributed by atoms with Crippen LogP contribution in [0.25, 0.3) is 0 Å². The number of guanidine groups is 1. The first-order valence-corrected chi connectivity index (χ1v) is 9.68. The van der Waals surface area contributed by atoms with Gasteiger partial charge in [-0.1, -0.05) is 6.07 Å². The summed E-state index contributed by atoms with van der Waals surface area (Å²) in [6.07, 6.45) is 5.03. The molecule has 0 saturated heterocycles. The third-order valence-corrected chi connectivity index (χ3v) is 5.14. The maximum Gasteiger partial charge on any atom is 0.191 e. The fourth-order valence-electron chi connectivity index (χ4n) is 2.97. The van der Waals surface area contributed by atoms with Crippen LogP contribution in [-0.2, 0) is 0 Å². The molecule has 1 atom stereocenters. The van der Waals surface area contributed by atoms with Crippen LogP contribution >= 0.6 is 0 Å². The molecule has 2 saturated carbocycles. The molecular formula is C20H30FN3O2. The summed E-state index contributed by atoms with van der Waals surface area (Å²) < 4.78 is 19.8. The van der Waals surface area contributed by atoms with E-state index in [0.29, 0.717) is 30.8 Å². The molecule has 2 aliphatic carbocycles. The number of hydrogen-bond donors (Lipinski definition) is 3. The van der Waals surface area contributed by atoms with Gasteiger partial charge in [-0.15, -0.1) is 0 Å². The van der Waals surface area contributed by atoms with Gasteiger partial charge in [-0.3, -0.25) is 4.99 Å².